The second-order valence-corrected chi connectivity index (χ2v) is 15.0. The molecule has 42 heavy (non-hydrogen) atoms. The van der Waals surface area contributed by atoms with Crippen LogP contribution in [0.2, 0.25) is 5.02 Å². The van der Waals surface area contributed by atoms with Crippen molar-refractivity contribution < 1.29 is 14.3 Å². The second kappa shape index (κ2) is 10.1. The zero-order chi connectivity index (χ0) is 28.7. The minimum atomic E-state index is -0.352. The molecule has 8 rings (SSSR count). The number of halogens is 2. The number of rotatable bonds is 5. The number of ether oxygens (including phenoxy) is 1. The van der Waals surface area contributed by atoms with E-state index in [1.807, 2.05) is 66.7 Å². The first-order chi connectivity index (χ1) is 20.4. The first kappa shape index (κ1) is 26.8. The van der Waals surface area contributed by atoms with Gasteiger partial charge in [-0.05, 0) is 72.2 Å². The summed E-state index contributed by atoms with van der Waals surface area (Å²) in [5.41, 5.74) is 2.64. The Morgan fingerprint density at radius 1 is 0.929 bits per heavy atom. The van der Waals surface area contributed by atoms with Crippen LogP contribution < -0.4 is 14.5 Å². The van der Waals surface area contributed by atoms with Crippen molar-refractivity contribution in [3.8, 4) is 5.75 Å². The van der Waals surface area contributed by atoms with E-state index >= 15 is 0 Å². The van der Waals surface area contributed by atoms with Crippen LogP contribution in [0.3, 0.4) is 0 Å². The van der Waals surface area contributed by atoms with Gasteiger partial charge in [-0.1, -0.05) is 69.2 Å². The fourth-order valence-corrected chi connectivity index (χ4v) is 11.1. The molecule has 1 saturated heterocycles. The number of imide groups is 1. The molecule has 10 heteroatoms. The number of nitrogens with one attached hydrogen (secondary N) is 1. The average molecular weight is 680 g/mol. The first-order valence-corrected chi connectivity index (χ1v) is 16.7. The summed E-state index contributed by atoms with van der Waals surface area (Å²) < 4.78 is 7.31. The van der Waals surface area contributed by atoms with Crippen molar-refractivity contribution in [3.05, 3.63) is 108 Å². The monoisotopic (exact) mass is 678 g/mol. The third kappa shape index (κ3) is 4.08. The van der Waals surface area contributed by atoms with Crippen LogP contribution in [0.4, 0.5) is 5.69 Å². The van der Waals surface area contributed by atoms with Gasteiger partial charge in [0, 0.05) is 31.1 Å². The smallest absolute Gasteiger partial charge is 0.305 e. The number of thiazole rings is 1. The molecule has 4 aromatic rings. The Hall–Kier alpha value is -2.85. The molecule has 3 heterocycles. The van der Waals surface area contributed by atoms with Crippen LogP contribution in [0.15, 0.2) is 87.1 Å². The van der Waals surface area contributed by atoms with Crippen LogP contribution in [-0.2, 0) is 16.2 Å². The highest BCUT2D eigenvalue weighted by Gasteiger charge is 2.69. The topological polar surface area (TPSA) is 79.5 Å². The molecule has 2 aliphatic carbocycles. The molecule has 3 aromatic carbocycles. The predicted molar refractivity (Wildman–Crippen MR) is 167 cm³/mol. The van der Waals surface area contributed by atoms with Crippen LogP contribution in [0, 0.1) is 29.6 Å². The molecule has 0 radical (unpaired) electrons. The van der Waals surface area contributed by atoms with E-state index in [1.165, 1.54) is 16.2 Å². The Balaban J connectivity index is 1.18. The number of hydrogen-bond donors (Lipinski definition) is 1. The molecule has 2 bridgehead atoms. The molecule has 0 spiro atoms. The summed E-state index contributed by atoms with van der Waals surface area (Å²) >= 11 is 12.5. The molecule has 6 nitrogen and oxygen atoms in total. The lowest BCUT2D eigenvalue weighted by atomic mass is 9.68. The van der Waals surface area contributed by atoms with Gasteiger partial charge in [-0.25, -0.2) is 0 Å². The van der Waals surface area contributed by atoms with Gasteiger partial charge in [0.2, 0.25) is 11.8 Å². The molecule has 3 fully saturated rings. The summed E-state index contributed by atoms with van der Waals surface area (Å²) in [6.07, 6.45) is 0.840. The third-order valence-corrected chi connectivity index (χ3v) is 12.7. The zero-order valence-electron chi connectivity index (χ0n) is 22.0. The lowest BCUT2D eigenvalue weighted by Gasteiger charge is -2.43. The number of thioether (sulfide) groups is 1. The van der Waals surface area contributed by atoms with Crippen molar-refractivity contribution in [2.45, 2.75) is 29.2 Å². The highest BCUT2D eigenvalue weighted by molar-refractivity contribution is 9.10. The van der Waals surface area contributed by atoms with Crippen molar-refractivity contribution in [3.63, 3.8) is 0 Å². The largest absolute Gasteiger partial charge is 0.489 e. The summed E-state index contributed by atoms with van der Waals surface area (Å²) in [6, 6.07) is 23.0. The van der Waals surface area contributed by atoms with Crippen molar-refractivity contribution in [2.24, 2.45) is 29.6 Å². The van der Waals surface area contributed by atoms with E-state index in [9.17, 15) is 14.4 Å². The normalized spacial score (nSPS) is 29.0. The number of benzene rings is 3. The summed E-state index contributed by atoms with van der Waals surface area (Å²) in [7, 11) is 0. The highest BCUT2D eigenvalue weighted by Crippen LogP contribution is 2.69. The summed E-state index contributed by atoms with van der Waals surface area (Å²) in [5, 5.41) is 1.67. The van der Waals surface area contributed by atoms with Crippen molar-refractivity contribution in [1.82, 2.24) is 4.98 Å². The number of hydrogen-bond acceptors (Lipinski definition) is 6. The first-order valence-electron chi connectivity index (χ1n) is 13.9. The average Bonchev–Trinajstić information content (AvgIpc) is 3.72. The number of carbonyl (C=O) groups excluding carboxylic acids is 2. The number of aromatic nitrogens is 1. The summed E-state index contributed by atoms with van der Waals surface area (Å²) in [6.45, 7) is 0.381. The number of amides is 2. The van der Waals surface area contributed by atoms with Gasteiger partial charge in [0.05, 0.1) is 22.5 Å². The number of anilines is 1. The molecule has 0 unspecified atom stereocenters. The minimum Gasteiger partial charge on any atom is -0.489 e. The van der Waals surface area contributed by atoms with Crippen molar-refractivity contribution in [2.75, 3.05) is 4.90 Å². The number of para-hydroxylation sites is 1. The van der Waals surface area contributed by atoms with Crippen LogP contribution in [0.1, 0.15) is 28.3 Å². The molecule has 1 aromatic heterocycles. The van der Waals surface area contributed by atoms with Gasteiger partial charge in [-0.15, -0.1) is 11.8 Å². The van der Waals surface area contributed by atoms with Gasteiger partial charge in [0.1, 0.15) is 12.4 Å². The van der Waals surface area contributed by atoms with Crippen molar-refractivity contribution in [1.29, 1.82) is 0 Å². The Labute approximate surface area is 263 Å². The molecule has 2 saturated carbocycles. The maximum atomic E-state index is 14.0. The van der Waals surface area contributed by atoms with Gasteiger partial charge >= 0.3 is 4.87 Å². The van der Waals surface area contributed by atoms with E-state index in [1.54, 1.807) is 11.8 Å². The molecule has 7 atom stereocenters. The van der Waals surface area contributed by atoms with E-state index in [0.29, 0.717) is 17.3 Å². The number of aromatic amines is 1. The van der Waals surface area contributed by atoms with Gasteiger partial charge < -0.3 is 9.72 Å². The molecule has 1 N–H and O–H groups in total. The van der Waals surface area contributed by atoms with E-state index in [0.717, 1.165) is 37.7 Å². The fraction of sp³-hybridized carbons (Fsp3) is 0.281. The lowest BCUT2D eigenvalue weighted by Crippen LogP contribution is -2.42. The highest BCUT2D eigenvalue weighted by atomic mass is 79.9. The van der Waals surface area contributed by atoms with Crippen molar-refractivity contribution >= 4 is 68.1 Å². The molecule has 2 aliphatic heterocycles. The van der Waals surface area contributed by atoms with E-state index in [4.69, 9.17) is 16.3 Å². The summed E-state index contributed by atoms with van der Waals surface area (Å²) in [5.74, 6) is -0.0196. The Kier molecular flexibility index (Phi) is 6.44. The maximum Gasteiger partial charge on any atom is 0.305 e. The zero-order valence-corrected chi connectivity index (χ0v) is 26.0. The van der Waals surface area contributed by atoms with Gasteiger partial charge in [-0.3, -0.25) is 19.3 Å². The van der Waals surface area contributed by atoms with E-state index < -0.39 is 0 Å². The third-order valence-electron chi connectivity index (χ3n) is 9.37. The number of carbonyl (C=O) groups is 2. The van der Waals surface area contributed by atoms with Gasteiger partial charge in [-0.2, -0.15) is 0 Å². The second-order valence-electron chi connectivity index (χ2n) is 11.4. The molecule has 4 aliphatic rings. The Morgan fingerprint density at radius 3 is 2.40 bits per heavy atom. The van der Waals surface area contributed by atoms with Crippen LogP contribution in [0.5, 0.6) is 5.75 Å². The molecule has 212 valence electrons. The molecular formula is C32H24BrClN2O4S2. The minimum absolute atomic E-state index is 0.0362. The van der Waals surface area contributed by atoms with Gasteiger partial charge in [0.15, 0.2) is 0 Å². The Morgan fingerprint density at radius 2 is 1.64 bits per heavy atom. The van der Waals surface area contributed by atoms with E-state index in [2.05, 4.69) is 27.0 Å². The van der Waals surface area contributed by atoms with Gasteiger partial charge in [0.25, 0.3) is 0 Å². The van der Waals surface area contributed by atoms with Crippen LogP contribution in [-0.4, -0.2) is 22.0 Å². The number of fused-ring (bicyclic) bond motifs is 9. The maximum absolute atomic E-state index is 14.0. The summed E-state index contributed by atoms with van der Waals surface area (Å²) in [4.78, 5) is 45.9. The predicted octanol–water partition coefficient (Wildman–Crippen LogP) is 7.11. The fourth-order valence-electron chi connectivity index (χ4n) is 7.82. The number of nitrogens with zero attached hydrogens (tertiary/aromatic N) is 1. The number of H-pyrrole nitrogens is 1. The molecular weight excluding hydrogens is 656 g/mol. The van der Waals surface area contributed by atoms with Crippen LogP contribution >= 0.6 is 50.6 Å². The van der Waals surface area contributed by atoms with E-state index in [-0.39, 0.29) is 57.4 Å². The standard InChI is InChI=1S/C32H24BrClN2O4S2/c33-16-7-11-18(12-8-16)36-30(37)25-20-13-21(26(25)31(36)38)27-24(20)23(28-29(41-27)35-32(39)42-28)19-3-1-2-4-22(19)40-14-15-5-9-17(34)10-6-15/h1-12,20-21,23-27H,13-14H2,(H,35,39)/t20-,21-,23+,24+,25+,26+,27-/m1/s1. The SMILES string of the molecule is O=C1[C@H]2[C@H]3C[C@@H]([C@@H]2C(=O)N1c1ccc(Br)cc1)[C@H]1[C@H](c2ccccc2OCc2ccc(Cl)cc2)c2sc(=O)[nH]c2S[C@H]31. The van der Waals surface area contributed by atoms with Crippen LogP contribution in [0.25, 0.3) is 0 Å². The quantitative estimate of drug-likeness (QED) is 0.228. The Bertz CT molecular complexity index is 1790. The molecule has 2 amide bonds. The lowest BCUT2D eigenvalue weighted by molar-refractivity contribution is -0.123.